The van der Waals surface area contributed by atoms with E-state index in [0.717, 1.165) is 44.3 Å². The van der Waals surface area contributed by atoms with Gasteiger partial charge in [0.15, 0.2) is 17.3 Å². The van der Waals surface area contributed by atoms with Crippen LogP contribution >= 0.6 is 11.3 Å². The Kier molecular flexibility index (Phi) is 4.44. The van der Waals surface area contributed by atoms with Crippen LogP contribution in [0, 0.1) is 0 Å². The lowest BCUT2D eigenvalue weighted by atomic mass is 10.2. The van der Waals surface area contributed by atoms with Crippen molar-refractivity contribution in [1.82, 2.24) is 4.68 Å². The number of ether oxygens (including phenoxy) is 2. The minimum absolute atomic E-state index is 0.157. The molecule has 0 N–H and O–H groups in total. The second-order valence-electron chi connectivity index (χ2n) is 6.94. The van der Waals surface area contributed by atoms with Crippen molar-refractivity contribution in [3.05, 3.63) is 64.3 Å². The zero-order chi connectivity index (χ0) is 19.8. The summed E-state index contributed by atoms with van der Waals surface area (Å²) in [5.41, 5.74) is 2.63. The van der Waals surface area contributed by atoms with Crippen LogP contribution in [0.5, 0.6) is 11.5 Å². The van der Waals surface area contributed by atoms with Gasteiger partial charge in [0, 0.05) is 16.8 Å². The summed E-state index contributed by atoms with van der Waals surface area (Å²) in [6.45, 7) is 4.35. The SMILES string of the molecule is CC(C)N=c1scc(-c2cc3ccccc3o2)n1N=Cc1ccc2c(c1)OCO2. The highest BCUT2D eigenvalue weighted by Gasteiger charge is 2.14. The fraction of sp³-hybridized carbons (Fsp3) is 0.182. The van der Waals surface area contributed by atoms with Crippen LogP contribution in [0.4, 0.5) is 0 Å². The number of hydrogen-bond acceptors (Lipinski definition) is 6. The van der Waals surface area contributed by atoms with E-state index in [9.17, 15) is 0 Å². The largest absolute Gasteiger partial charge is 0.454 e. The van der Waals surface area contributed by atoms with Gasteiger partial charge in [0.25, 0.3) is 0 Å². The first-order chi connectivity index (χ1) is 14.2. The molecule has 0 saturated heterocycles. The first kappa shape index (κ1) is 17.8. The van der Waals surface area contributed by atoms with Crippen molar-refractivity contribution in [2.45, 2.75) is 19.9 Å². The molecule has 1 aliphatic rings. The Bertz CT molecular complexity index is 1250. The maximum absolute atomic E-state index is 6.06. The number of nitrogens with zero attached hydrogens (tertiary/aromatic N) is 3. The summed E-state index contributed by atoms with van der Waals surface area (Å²) in [5.74, 6) is 2.24. The van der Waals surface area contributed by atoms with Crippen molar-refractivity contribution in [1.29, 1.82) is 0 Å². The molecule has 3 heterocycles. The van der Waals surface area contributed by atoms with Crippen molar-refractivity contribution in [2.75, 3.05) is 6.79 Å². The fourth-order valence-corrected chi connectivity index (χ4v) is 4.07. The number of fused-ring (bicyclic) bond motifs is 2. The highest BCUT2D eigenvalue weighted by molar-refractivity contribution is 7.07. The normalized spacial score (nSPS) is 14.0. The molecule has 0 bridgehead atoms. The molecule has 0 amide bonds. The van der Waals surface area contributed by atoms with E-state index in [1.807, 2.05) is 72.4 Å². The Morgan fingerprint density at radius 3 is 2.79 bits per heavy atom. The highest BCUT2D eigenvalue weighted by atomic mass is 32.1. The van der Waals surface area contributed by atoms with Gasteiger partial charge in [-0.25, -0.2) is 4.68 Å². The predicted molar refractivity (Wildman–Crippen MR) is 114 cm³/mol. The van der Waals surface area contributed by atoms with E-state index in [4.69, 9.17) is 24.0 Å². The minimum atomic E-state index is 0.157. The lowest BCUT2D eigenvalue weighted by molar-refractivity contribution is 0.174. The Hall–Kier alpha value is -3.32. The van der Waals surface area contributed by atoms with E-state index < -0.39 is 0 Å². The van der Waals surface area contributed by atoms with Gasteiger partial charge in [-0.3, -0.25) is 4.99 Å². The Balaban J connectivity index is 1.59. The molecule has 4 aromatic rings. The number of hydrogen-bond donors (Lipinski definition) is 0. The molecule has 0 unspecified atom stereocenters. The first-order valence-electron chi connectivity index (χ1n) is 9.35. The first-order valence-corrected chi connectivity index (χ1v) is 10.2. The van der Waals surface area contributed by atoms with Crippen molar-refractivity contribution >= 4 is 28.5 Å². The summed E-state index contributed by atoms with van der Waals surface area (Å²) in [5, 5.41) is 7.79. The zero-order valence-corrected chi connectivity index (χ0v) is 16.8. The second-order valence-corrected chi connectivity index (χ2v) is 7.78. The van der Waals surface area contributed by atoms with E-state index in [1.54, 1.807) is 17.6 Å². The molecular formula is C22H19N3O3S. The number of benzene rings is 2. The van der Waals surface area contributed by atoms with Crippen LogP contribution in [0.2, 0.25) is 0 Å². The molecule has 146 valence electrons. The van der Waals surface area contributed by atoms with Gasteiger partial charge in [-0.05, 0) is 49.7 Å². The third-order valence-electron chi connectivity index (χ3n) is 4.45. The number of aromatic nitrogens is 1. The van der Waals surface area contributed by atoms with Crippen molar-refractivity contribution in [3.8, 4) is 23.0 Å². The summed E-state index contributed by atoms with van der Waals surface area (Å²) in [4.78, 5) is 5.52. The van der Waals surface area contributed by atoms with E-state index in [0.29, 0.717) is 0 Å². The van der Waals surface area contributed by atoms with Crippen LogP contribution in [0.15, 0.2) is 68.4 Å². The lowest BCUT2D eigenvalue weighted by Gasteiger charge is -2.02. The second kappa shape index (κ2) is 7.25. The Labute approximate surface area is 171 Å². The molecule has 2 aromatic carbocycles. The van der Waals surface area contributed by atoms with Gasteiger partial charge in [0.1, 0.15) is 11.3 Å². The van der Waals surface area contributed by atoms with Crippen LogP contribution in [0.1, 0.15) is 19.4 Å². The molecule has 6 nitrogen and oxygen atoms in total. The Morgan fingerprint density at radius 1 is 1.07 bits per heavy atom. The molecular weight excluding hydrogens is 386 g/mol. The van der Waals surface area contributed by atoms with Gasteiger partial charge in [0.05, 0.1) is 6.21 Å². The van der Waals surface area contributed by atoms with Gasteiger partial charge in [0.2, 0.25) is 11.6 Å². The topological polar surface area (TPSA) is 61.2 Å². The number of para-hydroxylation sites is 1. The average molecular weight is 405 g/mol. The molecule has 0 spiro atoms. The molecule has 0 aliphatic carbocycles. The molecule has 7 heteroatoms. The quantitative estimate of drug-likeness (QED) is 0.455. The Morgan fingerprint density at radius 2 is 1.93 bits per heavy atom. The monoisotopic (exact) mass is 405 g/mol. The minimum Gasteiger partial charge on any atom is -0.454 e. The fourth-order valence-electron chi connectivity index (χ4n) is 3.12. The third kappa shape index (κ3) is 3.45. The van der Waals surface area contributed by atoms with Gasteiger partial charge in [-0.2, -0.15) is 5.10 Å². The van der Waals surface area contributed by atoms with E-state index in [1.165, 1.54) is 0 Å². The van der Waals surface area contributed by atoms with Crippen molar-refractivity contribution in [2.24, 2.45) is 10.1 Å². The molecule has 0 fully saturated rings. The van der Waals surface area contributed by atoms with Crippen LogP contribution in [0.3, 0.4) is 0 Å². The third-order valence-corrected chi connectivity index (χ3v) is 5.28. The average Bonchev–Trinajstić information content (AvgIpc) is 3.43. The smallest absolute Gasteiger partial charge is 0.231 e. The van der Waals surface area contributed by atoms with Gasteiger partial charge in [-0.15, -0.1) is 11.3 Å². The molecule has 0 radical (unpaired) electrons. The summed E-state index contributed by atoms with van der Waals surface area (Å²) in [6.07, 6.45) is 1.79. The summed E-state index contributed by atoms with van der Waals surface area (Å²) < 4.78 is 18.7. The number of rotatable bonds is 4. The van der Waals surface area contributed by atoms with Crippen molar-refractivity contribution in [3.63, 3.8) is 0 Å². The van der Waals surface area contributed by atoms with Gasteiger partial charge >= 0.3 is 0 Å². The van der Waals surface area contributed by atoms with Crippen LogP contribution in [-0.2, 0) is 0 Å². The molecule has 0 saturated carbocycles. The van der Waals surface area contributed by atoms with Crippen molar-refractivity contribution < 1.29 is 13.9 Å². The van der Waals surface area contributed by atoms with Crippen LogP contribution in [-0.4, -0.2) is 23.7 Å². The summed E-state index contributed by atoms with van der Waals surface area (Å²) in [7, 11) is 0. The maximum Gasteiger partial charge on any atom is 0.231 e. The van der Waals surface area contributed by atoms with E-state index in [-0.39, 0.29) is 12.8 Å². The predicted octanol–water partition coefficient (Wildman–Crippen LogP) is 4.88. The zero-order valence-electron chi connectivity index (χ0n) is 16.0. The summed E-state index contributed by atoms with van der Waals surface area (Å²) >= 11 is 1.54. The number of furan rings is 1. The molecule has 5 rings (SSSR count). The molecule has 29 heavy (non-hydrogen) atoms. The highest BCUT2D eigenvalue weighted by Crippen LogP contribution is 2.32. The molecule has 2 aromatic heterocycles. The van der Waals surface area contributed by atoms with Crippen LogP contribution < -0.4 is 14.3 Å². The summed E-state index contributed by atoms with van der Waals surface area (Å²) in [6, 6.07) is 15.9. The van der Waals surface area contributed by atoms with Gasteiger partial charge < -0.3 is 13.9 Å². The standard InChI is InChI=1S/C22H19N3O3S/c1-14(2)24-22-25(23-11-15-7-8-19-21(9-15)27-13-26-19)17(12-29-22)20-10-16-5-3-4-6-18(16)28-20/h3-12,14H,13H2,1-2H3. The molecule has 1 aliphatic heterocycles. The molecule has 0 atom stereocenters. The lowest BCUT2D eigenvalue weighted by Crippen LogP contribution is -2.14. The number of thiazole rings is 1. The van der Waals surface area contributed by atoms with E-state index >= 15 is 0 Å². The maximum atomic E-state index is 6.06. The van der Waals surface area contributed by atoms with Crippen LogP contribution in [0.25, 0.3) is 22.4 Å². The van der Waals surface area contributed by atoms with E-state index in [2.05, 4.69) is 0 Å². The van der Waals surface area contributed by atoms with Gasteiger partial charge in [-0.1, -0.05) is 18.2 Å².